The van der Waals surface area contributed by atoms with E-state index in [-0.39, 0.29) is 5.92 Å². The molecule has 5 heteroatoms. The number of carbonyl (C=O) groups is 2. The number of aliphatic carboxylic acids is 1. The van der Waals surface area contributed by atoms with Gasteiger partial charge in [-0.25, -0.2) is 5.48 Å². The predicted molar refractivity (Wildman–Crippen MR) is 47.6 cm³/mol. The molecule has 0 aliphatic heterocycles. The van der Waals surface area contributed by atoms with Gasteiger partial charge in [0, 0.05) is 0 Å². The average Bonchev–Trinajstić information content (AvgIpc) is 2.16. The van der Waals surface area contributed by atoms with Crippen LogP contribution in [0.5, 0.6) is 0 Å². The summed E-state index contributed by atoms with van der Waals surface area (Å²) in [7, 11) is 0. The number of carboxylic acid groups (broad SMARTS) is 1. The van der Waals surface area contributed by atoms with Gasteiger partial charge in [0.2, 0.25) is 5.91 Å². The van der Waals surface area contributed by atoms with E-state index in [0.29, 0.717) is 6.42 Å². The molecule has 3 unspecified atom stereocenters. The first-order valence-electron chi connectivity index (χ1n) is 4.74. The third kappa shape index (κ3) is 2.04. The highest BCUT2D eigenvalue weighted by molar-refractivity contribution is 5.84. The van der Waals surface area contributed by atoms with Gasteiger partial charge in [-0.2, -0.15) is 0 Å². The maximum absolute atomic E-state index is 11.3. The fourth-order valence-electron chi connectivity index (χ4n) is 2.21. The van der Waals surface area contributed by atoms with Crippen molar-refractivity contribution >= 4 is 11.9 Å². The number of rotatable bonds is 2. The lowest BCUT2D eigenvalue weighted by atomic mass is 9.72. The molecule has 1 rings (SSSR count). The van der Waals surface area contributed by atoms with Gasteiger partial charge in [0.1, 0.15) is 0 Å². The van der Waals surface area contributed by atoms with Crippen LogP contribution in [0.3, 0.4) is 0 Å². The lowest BCUT2D eigenvalue weighted by molar-refractivity contribution is -0.153. The molecule has 1 saturated carbocycles. The third-order valence-corrected chi connectivity index (χ3v) is 2.95. The van der Waals surface area contributed by atoms with Gasteiger partial charge in [0.25, 0.3) is 0 Å². The Balaban J connectivity index is 2.81. The van der Waals surface area contributed by atoms with Crippen molar-refractivity contribution in [1.82, 2.24) is 5.48 Å². The van der Waals surface area contributed by atoms with Crippen molar-refractivity contribution in [2.24, 2.45) is 17.8 Å². The third-order valence-electron chi connectivity index (χ3n) is 2.95. The number of carbonyl (C=O) groups excluding carboxylic acids is 1. The van der Waals surface area contributed by atoms with Crippen molar-refractivity contribution in [3.05, 3.63) is 0 Å². The van der Waals surface area contributed by atoms with Gasteiger partial charge >= 0.3 is 5.97 Å². The van der Waals surface area contributed by atoms with Gasteiger partial charge in [0.15, 0.2) is 0 Å². The van der Waals surface area contributed by atoms with Crippen LogP contribution < -0.4 is 5.48 Å². The van der Waals surface area contributed by atoms with Crippen molar-refractivity contribution < 1.29 is 19.9 Å². The molecule has 0 aromatic rings. The van der Waals surface area contributed by atoms with E-state index in [4.69, 9.17) is 10.3 Å². The summed E-state index contributed by atoms with van der Waals surface area (Å²) in [5.41, 5.74) is 1.55. The molecule has 5 nitrogen and oxygen atoms in total. The molecule has 14 heavy (non-hydrogen) atoms. The second kappa shape index (κ2) is 4.41. The number of hydroxylamine groups is 1. The largest absolute Gasteiger partial charge is 0.481 e. The van der Waals surface area contributed by atoms with Gasteiger partial charge in [-0.05, 0) is 18.8 Å². The minimum Gasteiger partial charge on any atom is -0.481 e. The highest BCUT2D eigenvalue weighted by atomic mass is 16.5. The molecule has 80 valence electrons. The lowest BCUT2D eigenvalue weighted by Crippen LogP contribution is -2.42. The second-order valence-electron chi connectivity index (χ2n) is 3.85. The van der Waals surface area contributed by atoms with Crippen molar-refractivity contribution in [1.29, 1.82) is 0 Å². The van der Waals surface area contributed by atoms with Crippen LogP contribution in [0.2, 0.25) is 0 Å². The van der Waals surface area contributed by atoms with Gasteiger partial charge in [-0.15, -0.1) is 0 Å². The standard InChI is InChI=1S/C9H15NO4/c1-5-3-2-4-6(9(12)13)7(5)8(11)10-14/h5-7,14H,2-4H2,1H3,(H,10,11)(H,12,13). The maximum Gasteiger partial charge on any atom is 0.307 e. The van der Waals surface area contributed by atoms with Crippen LogP contribution in [0.25, 0.3) is 0 Å². The molecule has 0 aromatic heterocycles. The zero-order valence-corrected chi connectivity index (χ0v) is 8.06. The van der Waals surface area contributed by atoms with Crippen LogP contribution in [0.4, 0.5) is 0 Å². The molecular formula is C9H15NO4. The Hall–Kier alpha value is -1.10. The van der Waals surface area contributed by atoms with Crippen LogP contribution in [-0.4, -0.2) is 22.2 Å². The van der Waals surface area contributed by atoms with E-state index < -0.39 is 23.7 Å². The van der Waals surface area contributed by atoms with E-state index in [9.17, 15) is 9.59 Å². The summed E-state index contributed by atoms with van der Waals surface area (Å²) in [5, 5.41) is 17.4. The van der Waals surface area contributed by atoms with E-state index in [1.165, 1.54) is 0 Å². The first-order chi connectivity index (χ1) is 6.57. The molecule has 0 heterocycles. The summed E-state index contributed by atoms with van der Waals surface area (Å²) in [4.78, 5) is 22.1. The zero-order valence-electron chi connectivity index (χ0n) is 8.06. The Bertz CT molecular complexity index is 241. The molecule has 0 saturated heterocycles. The Morgan fingerprint density at radius 2 is 2.00 bits per heavy atom. The van der Waals surface area contributed by atoms with E-state index in [2.05, 4.69) is 0 Å². The van der Waals surface area contributed by atoms with Gasteiger partial charge in [-0.3, -0.25) is 14.8 Å². The van der Waals surface area contributed by atoms with Crippen LogP contribution >= 0.6 is 0 Å². The van der Waals surface area contributed by atoms with Crippen LogP contribution in [0.15, 0.2) is 0 Å². The molecular weight excluding hydrogens is 186 g/mol. The first-order valence-corrected chi connectivity index (χ1v) is 4.74. The highest BCUT2D eigenvalue weighted by Crippen LogP contribution is 2.34. The van der Waals surface area contributed by atoms with Crippen LogP contribution in [-0.2, 0) is 9.59 Å². The average molecular weight is 201 g/mol. The fraction of sp³-hybridized carbons (Fsp3) is 0.778. The van der Waals surface area contributed by atoms with Crippen molar-refractivity contribution in [3.8, 4) is 0 Å². The highest BCUT2D eigenvalue weighted by Gasteiger charge is 2.39. The number of hydrogen-bond acceptors (Lipinski definition) is 3. The Labute approximate surface area is 82.1 Å². The normalized spacial score (nSPS) is 32.3. The minimum atomic E-state index is -0.954. The van der Waals surface area contributed by atoms with Crippen LogP contribution in [0, 0.1) is 17.8 Å². The number of nitrogens with one attached hydrogen (secondary N) is 1. The summed E-state index contributed by atoms with van der Waals surface area (Å²) in [6.07, 6.45) is 2.17. The molecule has 0 radical (unpaired) electrons. The summed E-state index contributed by atoms with van der Waals surface area (Å²) in [6, 6.07) is 0. The molecule has 3 N–H and O–H groups in total. The van der Waals surface area contributed by atoms with Gasteiger partial charge in [0.05, 0.1) is 11.8 Å². The first kappa shape index (κ1) is 11.0. The van der Waals surface area contributed by atoms with E-state index in [0.717, 1.165) is 12.8 Å². The molecule has 1 amide bonds. The molecule has 3 atom stereocenters. The summed E-state index contributed by atoms with van der Waals surface area (Å²) in [5.74, 6) is -2.79. The van der Waals surface area contributed by atoms with Crippen molar-refractivity contribution in [2.75, 3.05) is 0 Å². The smallest absolute Gasteiger partial charge is 0.307 e. The summed E-state index contributed by atoms with van der Waals surface area (Å²) < 4.78 is 0. The molecule has 1 fully saturated rings. The van der Waals surface area contributed by atoms with E-state index in [1.807, 2.05) is 6.92 Å². The van der Waals surface area contributed by atoms with Gasteiger partial charge < -0.3 is 5.11 Å². The summed E-state index contributed by atoms with van der Waals surface area (Å²) >= 11 is 0. The molecule has 1 aliphatic rings. The predicted octanol–water partition coefficient (Wildman–Crippen LogP) is 0.629. The van der Waals surface area contributed by atoms with Crippen LogP contribution in [0.1, 0.15) is 26.2 Å². The summed E-state index contributed by atoms with van der Waals surface area (Å²) in [6.45, 7) is 1.84. The van der Waals surface area contributed by atoms with E-state index in [1.54, 1.807) is 5.48 Å². The topological polar surface area (TPSA) is 86.6 Å². The number of carboxylic acids is 1. The SMILES string of the molecule is CC1CCCC(C(=O)O)C1C(=O)NO. The van der Waals surface area contributed by atoms with E-state index >= 15 is 0 Å². The monoisotopic (exact) mass is 201 g/mol. The van der Waals surface area contributed by atoms with Crippen molar-refractivity contribution in [2.45, 2.75) is 26.2 Å². The molecule has 0 bridgehead atoms. The zero-order chi connectivity index (χ0) is 10.7. The van der Waals surface area contributed by atoms with Crippen molar-refractivity contribution in [3.63, 3.8) is 0 Å². The Morgan fingerprint density at radius 1 is 1.36 bits per heavy atom. The Morgan fingerprint density at radius 3 is 2.50 bits per heavy atom. The van der Waals surface area contributed by atoms with Gasteiger partial charge in [-0.1, -0.05) is 13.3 Å². The fourth-order valence-corrected chi connectivity index (χ4v) is 2.21. The number of hydrogen-bond donors (Lipinski definition) is 3. The Kier molecular flexibility index (Phi) is 3.46. The lowest BCUT2D eigenvalue weighted by Gasteiger charge is -2.32. The molecule has 1 aliphatic carbocycles. The quantitative estimate of drug-likeness (QED) is 0.451. The second-order valence-corrected chi connectivity index (χ2v) is 3.85. The molecule has 0 spiro atoms. The minimum absolute atomic E-state index is 0.0111. The number of amides is 1. The molecule has 0 aromatic carbocycles. The maximum atomic E-state index is 11.3.